The van der Waals surface area contributed by atoms with E-state index in [-0.39, 0.29) is 12.2 Å². The first kappa shape index (κ1) is 15.4. The molecule has 2 rings (SSSR count). The van der Waals surface area contributed by atoms with Crippen LogP contribution in [0.15, 0.2) is 24.3 Å². The van der Waals surface area contributed by atoms with E-state index in [2.05, 4.69) is 6.92 Å². The van der Waals surface area contributed by atoms with Crippen LogP contribution in [0.2, 0.25) is 0 Å². The van der Waals surface area contributed by atoms with Crippen LogP contribution in [0.3, 0.4) is 0 Å². The minimum Gasteiger partial charge on any atom is -0.491 e. The normalized spacial score (nSPS) is 24.6. The molecular weight excluding hydrogens is 248 g/mol. The van der Waals surface area contributed by atoms with Crippen molar-refractivity contribution in [2.75, 3.05) is 0 Å². The highest BCUT2D eigenvalue weighted by Crippen LogP contribution is 2.38. The van der Waals surface area contributed by atoms with Gasteiger partial charge in [0.1, 0.15) is 5.75 Å². The number of rotatable bonds is 5. The van der Waals surface area contributed by atoms with Gasteiger partial charge in [0.15, 0.2) is 0 Å². The summed E-state index contributed by atoms with van der Waals surface area (Å²) in [6.45, 7) is 6.31. The average Bonchev–Trinajstić information content (AvgIpc) is 2.46. The van der Waals surface area contributed by atoms with E-state index in [1.165, 1.54) is 19.3 Å². The molecule has 1 fully saturated rings. The molecule has 0 amide bonds. The smallest absolute Gasteiger partial charge is 0.120 e. The molecule has 3 atom stereocenters. The monoisotopic (exact) mass is 276 g/mol. The molecule has 2 heteroatoms. The Morgan fingerprint density at radius 2 is 2.10 bits per heavy atom. The average molecular weight is 276 g/mol. The summed E-state index contributed by atoms with van der Waals surface area (Å²) in [6.07, 6.45) is 5.94. The molecule has 1 aromatic carbocycles. The van der Waals surface area contributed by atoms with Crippen molar-refractivity contribution in [3.8, 4) is 5.75 Å². The number of benzene rings is 1. The van der Waals surface area contributed by atoms with E-state index in [9.17, 15) is 5.11 Å². The molecule has 0 saturated heterocycles. The largest absolute Gasteiger partial charge is 0.491 e. The molecule has 2 nitrogen and oxygen atoms in total. The third kappa shape index (κ3) is 3.99. The van der Waals surface area contributed by atoms with Gasteiger partial charge in [-0.2, -0.15) is 0 Å². The highest BCUT2D eigenvalue weighted by molar-refractivity contribution is 5.30. The summed E-state index contributed by atoms with van der Waals surface area (Å²) in [6, 6.07) is 7.97. The molecule has 1 N–H and O–H groups in total. The van der Waals surface area contributed by atoms with Gasteiger partial charge in [0.25, 0.3) is 0 Å². The first-order valence-corrected chi connectivity index (χ1v) is 8.04. The molecule has 1 aliphatic rings. The van der Waals surface area contributed by atoms with E-state index in [0.29, 0.717) is 5.92 Å². The third-order valence-electron chi connectivity index (χ3n) is 4.42. The molecule has 0 spiro atoms. The van der Waals surface area contributed by atoms with Gasteiger partial charge in [-0.3, -0.25) is 0 Å². The maximum atomic E-state index is 10.7. The second-order valence-corrected chi connectivity index (χ2v) is 6.38. The number of aliphatic hydroxyl groups is 1. The van der Waals surface area contributed by atoms with E-state index in [4.69, 9.17) is 4.74 Å². The zero-order chi connectivity index (χ0) is 14.5. The van der Waals surface area contributed by atoms with Crippen LogP contribution in [-0.2, 0) is 0 Å². The number of hydrogen-bond acceptors (Lipinski definition) is 2. The van der Waals surface area contributed by atoms with E-state index in [1.807, 2.05) is 38.1 Å². The second-order valence-electron chi connectivity index (χ2n) is 6.38. The van der Waals surface area contributed by atoms with Crippen molar-refractivity contribution < 1.29 is 9.84 Å². The maximum absolute atomic E-state index is 10.7. The van der Waals surface area contributed by atoms with Crippen LogP contribution < -0.4 is 4.74 Å². The Labute approximate surface area is 123 Å². The molecular formula is C18H28O2. The number of aliphatic hydroxyl groups excluding tert-OH is 1. The van der Waals surface area contributed by atoms with Crippen molar-refractivity contribution in [2.24, 2.45) is 11.8 Å². The molecule has 1 aliphatic carbocycles. The molecule has 0 radical (unpaired) electrons. The molecule has 3 unspecified atom stereocenters. The fourth-order valence-corrected chi connectivity index (χ4v) is 3.31. The first-order valence-electron chi connectivity index (χ1n) is 8.04. The quantitative estimate of drug-likeness (QED) is 0.843. The van der Waals surface area contributed by atoms with Crippen molar-refractivity contribution in [3.05, 3.63) is 29.8 Å². The molecule has 1 saturated carbocycles. The Hall–Kier alpha value is -1.02. The van der Waals surface area contributed by atoms with Gasteiger partial charge in [-0.05, 0) is 56.2 Å². The summed E-state index contributed by atoms with van der Waals surface area (Å²) in [4.78, 5) is 0. The van der Waals surface area contributed by atoms with Gasteiger partial charge in [0, 0.05) is 0 Å². The number of ether oxygens (including phenoxy) is 1. The van der Waals surface area contributed by atoms with Gasteiger partial charge < -0.3 is 9.84 Å². The van der Waals surface area contributed by atoms with Crippen molar-refractivity contribution in [2.45, 2.75) is 65.1 Å². The lowest BCUT2D eigenvalue weighted by Gasteiger charge is -2.32. The topological polar surface area (TPSA) is 29.5 Å². The van der Waals surface area contributed by atoms with Gasteiger partial charge in [0.05, 0.1) is 12.2 Å². The molecule has 0 heterocycles. The summed E-state index contributed by atoms with van der Waals surface area (Å²) < 4.78 is 5.72. The standard InChI is InChI=1S/C18H28O2/c1-4-14-7-5-8-15(11-14)18(19)16-9-6-10-17(12-16)20-13(2)3/h6,9-10,12-15,18-19H,4-5,7-8,11H2,1-3H3. The third-order valence-corrected chi connectivity index (χ3v) is 4.42. The lowest BCUT2D eigenvalue weighted by atomic mass is 9.76. The lowest BCUT2D eigenvalue weighted by Crippen LogP contribution is -2.21. The van der Waals surface area contributed by atoms with Crippen LogP contribution in [0.5, 0.6) is 5.75 Å². The molecule has 0 aromatic heterocycles. The zero-order valence-electron chi connectivity index (χ0n) is 13.0. The molecule has 20 heavy (non-hydrogen) atoms. The Balaban J connectivity index is 2.06. The fourth-order valence-electron chi connectivity index (χ4n) is 3.31. The lowest BCUT2D eigenvalue weighted by molar-refractivity contribution is 0.0675. The van der Waals surface area contributed by atoms with Gasteiger partial charge in [-0.25, -0.2) is 0 Å². The van der Waals surface area contributed by atoms with Gasteiger partial charge >= 0.3 is 0 Å². The summed E-state index contributed by atoms with van der Waals surface area (Å²) in [7, 11) is 0. The van der Waals surface area contributed by atoms with E-state index >= 15 is 0 Å². The SMILES string of the molecule is CCC1CCCC(C(O)c2cccc(OC(C)C)c2)C1. The maximum Gasteiger partial charge on any atom is 0.120 e. The zero-order valence-corrected chi connectivity index (χ0v) is 13.0. The second kappa shape index (κ2) is 7.12. The summed E-state index contributed by atoms with van der Waals surface area (Å²) in [5.41, 5.74) is 1.00. The highest BCUT2D eigenvalue weighted by atomic mass is 16.5. The van der Waals surface area contributed by atoms with Crippen molar-refractivity contribution in [1.82, 2.24) is 0 Å². The van der Waals surface area contributed by atoms with Crippen LogP contribution in [-0.4, -0.2) is 11.2 Å². The predicted octanol–water partition coefficient (Wildman–Crippen LogP) is 4.72. The van der Waals surface area contributed by atoms with E-state index in [1.54, 1.807) is 0 Å². The minimum atomic E-state index is -0.347. The minimum absolute atomic E-state index is 0.168. The summed E-state index contributed by atoms with van der Waals surface area (Å²) in [5, 5.41) is 10.7. The Bertz CT molecular complexity index is 414. The molecule has 0 aliphatic heterocycles. The van der Waals surface area contributed by atoms with Crippen LogP contribution in [0.1, 0.15) is 64.5 Å². The summed E-state index contributed by atoms with van der Waals surface area (Å²) >= 11 is 0. The Kier molecular flexibility index (Phi) is 5.47. The highest BCUT2D eigenvalue weighted by Gasteiger charge is 2.27. The van der Waals surface area contributed by atoms with Crippen LogP contribution in [0, 0.1) is 11.8 Å². The van der Waals surface area contributed by atoms with Gasteiger partial charge in [0.2, 0.25) is 0 Å². The van der Waals surface area contributed by atoms with Gasteiger partial charge in [-0.15, -0.1) is 0 Å². The van der Waals surface area contributed by atoms with E-state index < -0.39 is 0 Å². The first-order chi connectivity index (χ1) is 9.60. The predicted molar refractivity (Wildman–Crippen MR) is 82.9 cm³/mol. The molecule has 1 aromatic rings. The Morgan fingerprint density at radius 1 is 1.30 bits per heavy atom. The summed E-state index contributed by atoms with van der Waals surface area (Å²) in [5.74, 6) is 2.06. The number of hydrogen-bond donors (Lipinski definition) is 1. The molecule has 112 valence electrons. The molecule has 0 bridgehead atoms. The van der Waals surface area contributed by atoms with Crippen molar-refractivity contribution >= 4 is 0 Å². The van der Waals surface area contributed by atoms with E-state index in [0.717, 1.165) is 30.1 Å². The van der Waals surface area contributed by atoms with Crippen molar-refractivity contribution in [3.63, 3.8) is 0 Å². The van der Waals surface area contributed by atoms with Gasteiger partial charge in [-0.1, -0.05) is 38.3 Å². The van der Waals surface area contributed by atoms with Crippen LogP contribution >= 0.6 is 0 Å². The van der Waals surface area contributed by atoms with Crippen molar-refractivity contribution in [1.29, 1.82) is 0 Å². The Morgan fingerprint density at radius 3 is 2.80 bits per heavy atom. The van der Waals surface area contributed by atoms with Crippen LogP contribution in [0.4, 0.5) is 0 Å². The van der Waals surface area contributed by atoms with Crippen LogP contribution in [0.25, 0.3) is 0 Å². The fraction of sp³-hybridized carbons (Fsp3) is 0.667.